The molecule has 0 aliphatic heterocycles. The van der Waals surface area contributed by atoms with Crippen molar-refractivity contribution in [3.05, 3.63) is 71.0 Å². The molecule has 7 nitrogen and oxygen atoms in total. The van der Waals surface area contributed by atoms with Gasteiger partial charge in [0.1, 0.15) is 6.10 Å². The third-order valence-electron chi connectivity index (χ3n) is 4.52. The third-order valence-corrected chi connectivity index (χ3v) is 5.47. The molecule has 0 aliphatic rings. The van der Waals surface area contributed by atoms with E-state index in [9.17, 15) is 13.2 Å². The van der Waals surface area contributed by atoms with Gasteiger partial charge < -0.3 is 4.74 Å². The van der Waals surface area contributed by atoms with Gasteiger partial charge in [-0.25, -0.2) is 8.42 Å². The molecule has 2 aromatic carbocycles. The van der Waals surface area contributed by atoms with Gasteiger partial charge in [-0.1, -0.05) is 41.9 Å². The van der Waals surface area contributed by atoms with Gasteiger partial charge >= 0.3 is 5.97 Å². The first-order valence-electron chi connectivity index (χ1n) is 9.17. The quantitative estimate of drug-likeness (QED) is 0.553. The summed E-state index contributed by atoms with van der Waals surface area (Å²) in [5.41, 5.74) is 3.47. The van der Waals surface area contributed by atoms with Crippen molar-refractivity contribution in [1.29, 1.82) is 0 Å². The number of nitrogens with one attached hydrogen (secondary N) is 1. The second-order valence-corrected chi connectivity index (χ2v) is 9.07. The normalized spacial score (nSPS) is 12.4. The average molecular weight is 448 g/mol. The van der Waals surface area contributed by atoms with E-state index in [1.807, 2.05) is 18.2 Å². The molecule has 0 bridgehead atoms. The van der Waals surface area contributed by atoms with Crippen LogP contribution >= 0.6 is 11.6 Å². The monoisotopic (exact) mass is 447 g/mol. The maximum absolute atomic E-state index is 12.6. The summed E-state index contributed by atoms with van der Waals surface area (Å²) in [7, 11) is -1.60. The molecule has 0 aliphatic carbocycles. The lowest BCUT2D eigenvalue weighted by atomic mass is 10.0. The van der Waals surface area contributed by atoms with Gasteiger partial charge in [0, 0.05) is 28.9 Å². The fraction of sp³-hybridized carbons (Fsp3) is 0.238. The molecule has 0 unspecified atom stereocenters. The van der Waals surface area contributed by atoms with Crippen molar-refractivity contribution in [2.45, 2.75) is 19.4 Å². The Hall–Kier alpha value is -2.84. The van der Waals surface area contributed by atoms with Crippen molar-refractivity contribution in [3.63, 3.8) is 0 Å². The first-order valence-corrected chi connectivity index (χ1v) is 11.4. The fourth-order valence-corrected chi connectivity index (χ4v) is 3.94. The summed E-state index contributed by atoms with van der Waals surface area (Å²) in [5, 5.41) is 4.80. The van der Waals surface area contributed by atoms with Crippen molar-refractivity contribution < 1.29 is 17.9 Å². The van der Waals surface area contributed by atoms with Gasteiger partial charge in [-0.3, -0.25) is 14.2 Å². The first-order chi connectivity index (χ1) is 14.1. The Morgan fingerprint density at radius 3 is 2.50 bits per heavy atom. The number of halogens is 1. The molecule has 158 valence electrons. The Bertz CT molecular complexity index is 1160. The van der Waals surface area contributed by atoms with Crippen LogP contribution in [0.2, 0.25) is 5.02 Å². The summed E-state index contributed by atoms with van der Waals surface area (Å²) in [6.07, 6.45) is 2.31. The number of aryl methyl sites for hydroxylation is 1. The fourth-order valence-electron chi connectivity index (χ4n) is 3.09. The highest BCUT2D eigenvalue weighted by atomic mass is 35.5. The first kappa shape index (κ1) is 21.9. The van der Waals surface area contributed by atoms with Crippen molar-refractivity contribution in [1.82, 2.24) is 9.78 Å². The minimum absolute atomic E-state index is 0.0317. The van der Waals surface area contributed by atoms with E-state index in [4.69, 9.17) is 16.3 Å². The SMILES string of the molecule is C[C@@H](OC(=O)Cc1c(-c2ccc(NS(C)(=O)=O)cc2)cnn1C)c1ccccc1Cl. The smallest absolute Gasteiger partial charge is 0.312 e. The average Bonchev–Trinajstić information content (AvgIpc) is 3.02. The van der Waals surface area contributed by atoms with E-state index in [1.165, 1.54) is 0 Å². The zero-order valence-corrected chi connectivity index (χ0v) is 18.4. The van der Waals surface area contributed by atoms with Crippen molar-refractivity contribution >= 4 is 33.3 Å². The van der Waals surface area contributed by atoms with Crippen LogP contribution in [0.15, 0.2) is 54.7 Å². The second kappa shape index (κ2) is 8.89. The summed E-state index contributed by atoms with van der Waals surface area (Å²) in [5.74, 6) is -0.400. The standard InChI is InChI=1S/C21H22ClN3O4S/c1-14(17-6-4-5-7-19(17)22)29-21(26)12-20-18(13-23-25(20)2)15-8-10-16(11-9-15)24-30(3,27)28/h4-11,13-14,24H,12H2,1-3H3/t14-/m1/s1. The van der Waals surface area contributed by atoms with Crippen LogP contribution < -0.4 is 4.72 Å². The van der Waals surface area contributed by atoms with E-state index in [1.54, 1.807) is 55.2 Å². The second-order valence-electron chi connectivity index (χ2n) is 6.91. The number of nitrogens with zero attached hydrogens (tertiary/aromatic N) is 2. The number of benzene rings is 2. The molecule has 3 rings (SSSR count). The number of ether oxygens (including phenoxy) is 1. The van der Waals surface area contributed by atoms with E-state index >= 15 is 0 Å². The number of carbonyl (C=O) groups excluding carboxylic acids is 1. The summed E-state index contributed by atoms with van der Waals surface area (Å²) < 4.78 is 32.3. The van der Waals surface area contributed by atoms with Crippen LogP contribution in [0, 0.1) is 0 Å². The van der Waals surface area contributed by atoms with E-state index in [0.717, 1.165) is 22.9 Å². The molecule has 0 radical (unpaired) electrons. The summed E-state index contributed by atoms with van der Waals surface area (Å²) in [6, 6.07) is 14.1. The Balaban J connectivity index is 1.76. The minimum Gasteiger partial charge on any atom is -0.457 e. The van der Waals surface area contributed by atoms with E-state index in [2.05, 4.69) is 9.82 Å². The summed E-state index contributed by atoms with van der Waals surface area (Å²) in [6.45, 7) is 1.77. The van der Waals surface area contributed by atoms with Crippen molar-refractivity contribution in [3.8, 4) is 11.1 Å². The highest BCUT2D eigenvalue weighted by molar-refractivity contribution is 7.92. The van der Waals surface area contributed by atoms with Gasteiger partial charge in [0.15, 0.2) is 0 Å². The van der Waals surface area contributed by atoms with E-state index in [0.29, 0.717) is 16.4 Å². The van der Waals surface area contributed by atoms with Gasteiger partial charge in [0.05, 0.1) is 24.6 Å². The molecule has 0 fully saturated rings. The molecule has 1 N–H and O–H groups in total. The van der Waals surface area contributed by atoms with Crippen molar-refractivity contribution in [2.24, 2.45) is 7.05 Å². The lowest BCUT2D eigenvalue weighted by molar-refractivity contribution is -0.147. The van der Waals surface area contributed by atoms with E-state index < -0.39 is 22.1 Å². The molecule has 30 heavy (non-hydrogen) atoms. The van der Waals surface area contributed by atoms with Gasteiger partial charge in [-0.05, 0) is 30.7 Å². The highest BCUT2D eigenvalue weighted by Crippen LogP contribution is 2.28. The molecule has 1 heterocycles. The van der Waals surface area contributed by atoms with E-state index in [-0.39, 0.29) is 6.42 Å². The zero-order valence-electron chi connectivity index (χ0n) is 16.8. The Kier molecular flexibility index (Phi) is 6.48. The van der Waals surface area contributed by atoms with Crippen LogP contribution in [0.5, 0.6) is 0 Å². The number of aromatic nitrogens is 2. The summed E-state index contributed by atoms with van der Waals surface area (Å²) >= 11 is 6.18. The van der Waals surface area contributed by atoms with Crippen LogP contribution in [0.1, 0.15) is 24.3 Å². The molecule has 0 spiro atoms. The molecular weight excluding hydrogens is 426 g/mol. The number of hydrogen-bond donors (Lipinski definition) is 1. The van der Waals surface area contributed by atoms with Gasteiger partial charge in [0.2, 0.25) is 10.0 Å². The third kappa shape index (κ3) is 5.40. The predicted octanol–water partition coefficient (Wildman–Crippen LogP) is 3.96. The highest BCUT2D eigenvalue weighted by Gasteiger charge is 2.19. The molecule has 1 aromatic heterocycles. The maximum atomic E-state index is 12.6. The van der Waals surface area contributed by atoms with Gasteiger partial charge in [-0.2, -0.15) is 5.10 Å². The minimum atomic E-state index is -3.35. The topological polar surface area (TPSA) is 90.3 Å². The Morgan fingerprint density at radius 1 is 1.20 bits per heavy atom. The number of rotatable bonds is 7. The van der Waals surface area contributed by atoms with Crippen LogP contribution in [-0.4, -0.2) is 30.4 Å². The zero-order chi connectivity index (χ0) is 21.9. The Labute approximate surface area is 180 Å². The molecule has 0 amide bonds. The number of hydrogen-bond acceptors (Lipinski definition) is 5. The molecule has 1 atom stereocenters. The van der Waals surface area contributed by atoms with Crippen LogP contribution in [-0.2, 0) is 33.0 Å². The summed E-state index contributed by atoms with van der Waals surface area (Å²) in [4.78, 5) is 12.6. The number of esters is 1. The predicted molar refractivity (Wildman–Crippen MR) is 117 cm³/mol. The molecule has 0 saturated carbocycles. The maximum Gasteiger partial charge on any atom is 0.312 e. The Morgan fingerprint density at radius 2 is 1.87 bits per heavy atom. The molecular formula is C21H22ClN3O4S. The van der Waals surface area contributed by atoms with Gasteiger partial charge in [-0.15, -0.1) is 0 Å². The van der Waals surface area contributed by atoms with Crippen molar-refractivity contribution in [2.75, 3.05) is 11.0 Å². The number of carbonyl (C=O) groups is 1. The van der Waals surface area contributed by atoms with Gasteiger partial charge in [0.25, 0.3) is 0 Å². The van der Waals surface area contributed by atoms with Crippen LogP contribution in [0.4, 0.5) is 5.69 Å². The lowest BCUT2D eigenvalue weighted by Gasteiger charge is -2.15. The number of anilines is 1. The molecule has 3 aromatic rings. The molecule has 9 heteroatoms. The lowest BCUT2D eigenvalue weighted by Crippen LogP contribution is -2.14. The number of sulfonamides is 1. The van der Waals surface area contributed by atoms with Crippen LogP contribution in [0.25, 0.3) is 11.1 Å². The largest absolute Gasteiger partial charge is 0.457 e. The molecule has 0 saturated heterocycles. The van der Waals surface area contributed by atoms with Crippen LogP contribution in [0.3, 0.4) is 0 Å².